The molecule has 0 N–H and O–H groups in total. The Morgan fingerprint density at radius 3 is 2.41 bits per heavy atom. The molecule has 1 aliphatic heterocycles. The summed E-state index contributed by atoms with van der Waals surface area (Å²) in [6.07, 6.45) is 3.60. The maximum Gasteiger partial charge on any atom is 0.260 e. The van der Waals surface area contributed by atoms with Gasteiger partial charge in [0.15, 0.2) is 5.13 Å². The van der Waals surface area contributed by atoms with Crippen LogP contribution in [0.3, 0.4) is 0 Å². The van der Waals surface area contributed by atoms with Crippen LogP contribution >= 0.6 is 23.7 Å². The number of anilines is 1. The Balaban J connectivity index is 0.00000380. The number of halogens is 1. The molecule has 0 atom stereocenters. The zero-order chi connectivity index (χ0) is 25.7. The Morgan fingerprint density at radius 2 is 1.76 bits per heavy atom. The number of aromatic nitrogens is 1. The normalized spacial score (nSPS) is 14.5. The van der Waals surface area contributed by atoms with Crippen molar-refractivity contribution in [2.75, 3.05) is 51.8 Å². The van der Waals surface area contributed by atoms with Crippen molar-refractivity contribution in [1.29, 1.82) is 0 Å². The molecule has 0 saturated carbocycles. The summed E-state index contributed by atoms with van der Waals surface area (Å²) in [6.45, 7) is 4.95. The topological polar surface area (TPSA) is 83.0 Å². The minimum absolute atomic E-state index is 0. The third-order valence-corrected chi connectivity index (χ3v) is 9.13. The largest absolute Gasteiger partial charge is 0.494 e. The van der Waals surface area contributed by atoms with E-state index in [2.05, 4.69) is 4.90 Å². The molecule has 2 heterocycles. The fraction of sp³-hybridized carbons (Fsp3) is 0.462. The van der Waals surface area contributed by atoms with E-state index in [-0.39, 0.29) is 23.2 Å². The fourth-order valence-corrected chi connectivity index (χ4v) is 6.81. The lowest BCUT2D eigenvalue weighted by Gasteiger charge is -2.26. The third-order valence-electron chi connectivity index (χ3n) is 6.18. The second-order valence-corrected chi connectivity index (χ2v) is 12.1. The summed E-state index contributed by atoms with van der Waals surface area (Å²) >= 11 is 1.45. The molecule has 0 bridgehead atoms. The van der Waals surface area contributed by atoms with E-state index in [1.54, 1.807) is 33.5 Å². The molecule has 37 heavy (non-hydrogen) atoms. The second kappa shape index (κ2) is 13.0. The predicted octanol–water partition coefficient (Wildman–Crippen LogP) is 4.89. The summed E-state index contributed by atoms with van der Waals surface area (Å²) in [4.78, 5) is 22.4. The summed E-state index contributed by atoms with van der Waals surface area (Å²) < 4.78 is 34.1. The van der Waals surface area contributed by atoms with Gasteiger partial charge in [-0.15, -0.1) is 12.4 Å². The lowest BCUT2D eigenvalue weighted by molar-refractivity contribution is 0.0986. The van der Waals surface area contributed by atoms with Crippen LogP contribution in [0.2, 0.25) is 0 Å². The first kappa shape index (κ1) is 29.3. The van der Waals surface area contributed by atoms with Gasteiger partial charge in [-0.2, -0.15) is 4.31 Å². The molecule has 8 nitrogen and oxygen atoms in total. The SMILES string of the molecule is CCOc1ccc2nc(N(CCCN(C)C)C(=O)c3ccc(S(=O)(=O)N4CCCCC4)cc3)sc2c1.Cl. The number of nitrogens with zero attached hydrogens (tertiary/aromatic N) is 4. The second-order valence-electron chi connectivity index (χ2n) is 9.16. The molecule has 202 valence electrons. The van der Waals surface area contributed by atoms with E-state index in [9.17, 15) is 13.2 Å². The fourth-order valence-electron chi connectivity index (χ4n) is 4.27. The molecule has 0 spiro atoms. The van der Waals surface area contributed by atoms with Gasteiger partial charge in [0.1, 0.15) is 5.75 Å². The summed E-state index contributed by atoms with van der Waals surface area (Å²) in [5.41, 5.74) is 1.25. The number of hydrogen-bond acceptors (Lipinski definition) is 7. The molecule has 2 aromatic carbocycles. The standard InChI is InChI=1S/C26H34N4O4S2.ClH/c1-4-34-21-11-14-23-24(19-21)35-26(27-23)30(18-8-15-28(2)3)25(31)20-9-12-22(13-10-20)36(32,33)29-16-6-5-7-17-29;/h9-14,19H,4-8,15-18H2,1-3H3;1H. The summed E-state index contributed by atoms with van der Waals surface area (Å²) in [5, 5.41) is 0.618. The zero-order valence-electron chi connectivity index (χ0n) is 21.6. The molecule has 1 amide bonds. The monoisotopic (exact) mass is 566 g/mol. The first-order valence-electron chi connectivity index (χ1n) is 12.4. The molecule has 0 unspecified atom stereocenters. The molecule has 4 rings (SSSR count). The van der Waals surface area contributed by atoms with E-state index < -0.39 is 10.0 Å². The van der Waals surface area contributed by atoms with Gasteiger partial charge < -0.3 is 9.64 Å². The van der Waals surface area contributed by atoms with Crippen molar-refractivity contribution >= 4 is 55.0 Å². The zero-order valence-corrected chi connectivity index (χ0v) is 24.0. The Kier molecular flexibility index (Phi) is 10.3. The number of ether oxygens (including phenoxy) is 1. The van der Waals surface area contributed by atoms with E-state index in [4.69, 9.17) is 9.72 Å². The van der Waals surface area contributed by atoms with Crippen molar-refractivity contribution in [2.24, 2.45) is 0 Å². The average Bonchev–Trinajstić information content (AvgIpc) is 3.30. The van der Waals surface area contributed by atoms with E-state index in [1.165, 1.54) is 11.3 Å². The predicted molar refractivity (Wildman–Crippen MR) is 152 cm³/mol. The number of sulfonamides is 1. The molecule has 1 aromatic heterocycles. The minimum Gasteiger partial charge on any atom is -0.494 e. The van der Waals surface area contributed by atoms with E-state index in [0.717, 1.165) is 48.2 Å². The number of thiazole rings is 1. The number of rotatable bonds is 10. The number of fused-ring (bicyclic) bond motifs is 1. The van der Waals surface area contributed by atoms with Crippen LogP contribution in [-0.4, -0.2) is 75.4 Å². The highest BCUT2D eigenvalue weighted by molar-refractivity contribution is 7.89. The lowest BCUT2D eigenvalue weighted by atomic mass is 10.2. The molecule has 0 aliphatic carbocycles. The first-order chi connectivity index (χ1) is 17.3. The van der Waals surface area contributed by atoms with Gasteiger partial charge in [0.2, 0.25) is 10.0 Å². The highest BCUT2D eigenvalue weighted by Crippen LogP contribution is 2.32. The van der Waals surface area contributed by atoms with Crippen molar-refractivity contribution in [3.63, 3.8) is 0 Å². The van der Waals surface area contributed by atoms with Gasteiger partial charge in [-0.25, -0.2) is 13.4 Å². The number of carbonyl (C=O) groups excluding carboxylic acids is 1. The van der Waals surface area contributed by atoms with Gasteiger partial charge in [-0.05, 0) is 89.3 Å². The minimum atomic E-state index is -3.55. The Morgan fingerprint density at radius 1 is 1.05 bits per heavy atom. The lowest BCUT2D eigenvalue weighted by Crippen LogP contribution is -2.35. The van der Waals surface area contributed by atoms with Gasteiger partial charge in [0.05, 0.1) is 21.7 Å². The molecular formula is C26H35ClN4O4S2. The van der Waals surface area contributed by atoms with Gasteiger partial charge in [0.25, 0.3) is 5.91 Å². The van der Waals surface area contributed by atoms with Crippen LogP contribution in [0.1, 0.15) is 43.0 Å². The summed E-state index contributed by atoms with van der Waals surface area (Å²) in [6, 6.07) is 12.0. The highest BCUT2D eigenvalue weighted by atomic mass is 35.5. The Bertz CT molecular complexity index is 1290. The van der Waals surface area contributed by atoms with E-state index in [1.807, 2.05) is 39.2 Å². The Labute approximate surface area is 229 Å². The average molecular weight is 567 g/mol. The summed E-state index contributed by atoms with van der Waals surface area (Å²) in [7, 11) is 0.455. The van der Waals surface area contributed by atoms with Gasteiger partial charge in [-0.1, -0.05) is 17.8 Å². The van der Waals surface area contributed by atoms with Gasteiger partial charge in [-0.3, -0.25) is 9.69 Å². The highest BCUT2D eigenvalue weighted by Gasteiger charge is 2.27. The van der Waals surface area contributed by atoms with Gasteiger partial charge >= 0.3 is 0 Å². The van der Waals surface area contributed by atoms with Crippen LogP contribution in [0, 0.1) is 0 Å². The molecule has 0 radical (unpaired) electrons. The molecule has 3 aromatic rings. The summed E-state index contributed by atoms with van der Waals surface area (Å²) in [5.74, 6) is 0.580. The van der Waals surface area contributed by atoms with Crippen LogP contribution in [0.25, 0.3) is 10.2 Å². The Hall–Kier alpha value is -2.24. The van der Waals surface area contributed by atoms with Crippen LogP contribution in [0.4, 0.5) is 5.13 Å². The molecule has 11 heteroatoms. The van der Waals surface area contributed by atoms with Crippen LogP contribution in [-0.2, 0) is 10.0 Å². The van der Waals surface area contributed by atoms with Gasteiger partial charge in [0, 0.05) is 25.2 Å². The number of amides is 1. The van der Waals surface area contributed by atoms with E-state index in [0.29, 0.717) is 36.9 Å². The molecule has 1 saturated heterocycles. The number of piperidine rings is 1. The van der Waals surface area contributed by atoms with Crippen molar-refractivity contribution in [3.8, 4) is 5.75 Å². The van der Waals surface area contributed by atoms with E-state index >= 15 is 0 Å². The van der Waals surface area contributed by atoms with Crippen LogP contribution in [0.5, 0.6) is 5.75 Å². The van der Waals surface area contributed by atoms with Crippen molar-refractivity contribution in [3.05, 3.63) is 48.0 Å². The maximum absolute atomic E-state index is 13.6. The number of benzene rings is 2. The number of carbonyl (C=O) groups is 1. The first-order valence-corrected chi connectivity index (χ1v) is 14.7. The van der Waals surface area contributed by atoms with Crippen LogP contribution < -0.4 is 9.64 Å². The van der Waals surface area contributed by atoms with Crippen LogP contribution in [0.15, 0.2) is 47.4 Å². The van der Waals surface area contributed by atoms with Crippen molar-refractivity contribution < 1.29 is 17.9 Å². The smallest absolute Gasteiger partial charge is 0.260 e. The molecule has 1 aliphatic rings. The molecular weight excluding hydrogens is 532 g/mol. The molecule has 1 fully saturated rings. The number of hydrogen-bond donors (Lipinski definition) is 0. The third kappa shape index (κ3) is 7.00. The van der Waals surface area contributed by atoms with Crippen molar-refractivity contribution in [2.45, 2.75) is 37.5 Å². The maximum atomic E-state index is 13.6. The quantitative estimate of drug-likeness (QED) is 0.347. The van der Waals surface area contributed by atoms with Crippen molar-refractivity contribution in [1.82, 2.24) is 14.2 Å².